The van der Waals surface area contributed by atoms with Gasteiger partial charge in [0.25, 0.3) is 0 Å². The van der Waals surface area contributed by atoms with Crippen molar-refractivity contribution in [2.45, 2.75) is 23.9 Å². The maximum absolute atomic E-state index is 12.8. The van der Waals surface area contributed by atoms with Crippen LogP contribution in [0.1, 0.15) is 40.2 Å². The lowest BCUT2D eigenvalue weighted by atomic mass is 9.76. The molecule has 0 fully saturated rings. The zero-order valence-corrected chi connectivity index (χ0v) is 24.2. The molecular weight excluding hydrogens is 548 g/mol. The molecule has 0 saturated carbocycles. The van der Waals surface area contributed by atoms with Crippen LogP contribution in [0.3, 0.4) is 0 Å². The van der Waals surface area contributed by atoms with Gasteiger partial charge in [0.15, 0.2) is 0 Å². The van der Waals surface area contributed by atoms with Gasteiger partial charge in [-0.2, -0.15) is 0 Å². The van der Waals surface area contributed by atoms with E-state index in [4.69, 9.17) is 4.74 Å². The smallest absolute Gasteiger partial charge is 0.407 e. The summed E-state index contributed by atoms with van der Waals surface area (Å²) in [6.07, 6.45) is -0.426. The van der Waals surface area contributed by atoms with Gasteiger partial charge in [-0.1, -0.05) is 140 Å². The van der Waals surface area contributed by atoms with Crippen LogP contribution >= 0.6 is 0 Å². The van der Waals surface area contributed by atoms with Gasteiger partial charge in [0.05, 0.1) is 5.54 Å². The average molecular weight is 583 g/mol. The fourth-order valence-electron chi connectivity index (χ4n) is 6.30. The molecule has 0 spiro atoms. The van der Waals surface area contributed by atoms with Crippen molar-refractivity contribution in [2.75, 3.05) is 13.2 Å². The molecule has 0 saturated heterocycles. The highest BCUT2D eigenvalue weighted by Gasteiger charge is 2.39. The minimum atomic E-state index is -1.01. The molecule has 1 atom stereocenters. The first-order chi connectivity index (χ1) is 21.6. The first-order valence-corrected chi connectivity index (χ1v) is 14.8. The highest BCUT2D eigenvalue weighted by atomic mass is 16.5. The van der Waals surface area contributed by atoms with Crippen LogP contribution in [0.2, 0.25) is 0 Å². The molecule has 1 aliphatic carbocycles. The van der Waals surface area contributed by atoms with E-state index in [2.05, 4.69) is 34.9 Å². The second-order valence-electron chi connectivity index (χ2n) is 10.9. The fraction of sp³-hybridized carbons (Fsp3) is 0.158. The van der Waals surface area contributed by atoms with E-state index in [0.29, 0.717) is 0 Å². The number of rotatable bonds is 11. The van der Waals surface area contributed by atoms with Crippen LogP contribution in [0.4, 0.5) is 4.79 Å². The number of alkyl carbamates (subject to hydrolysis) is 1. The van der Waals surface area contributed by atoms with Crippen molar-refractivity contribution < 1.29 is 19.4 Å². The Morgan fingerprint density at radius 2 is 1.09 bits per heavy atom. The average Bonchev–Trinajstić information content (AvgIpc) is 3.40. The van der Waals surface area contributed by atoms with Crippen molar-refractivity contribution in [3.8, 4) is 11.1 Å². The van der Waals surface area contributed by atoms with Crippen molar-refractivity contribution in [2.24, 2.45) is 0 Å². The molecule has 220 valence electrons. The maximum Gasteiger partial charge on any atom is 0.407 e. The van der Waals surface area contributed by atoms with Gasteiger partial charge in [-0.25, -0.2) is 4.79 Å². The zero-order chi connectivity index (χ0) is 30.4. The van der Waals surface area contributed by atoms with Gasteiger partial charge in [-0.3, -0.25) is 10.1 Å². The largest absolute Gasteiger partial charge is 0.480 e. The third-order valence-electron chi connectivity index (χ3n) is 8.36. The van der Waals surface area contributed by atoms with Crippen molar-refractivity contribution in [1.82, 2.24) is 10.6 Å². The summed E-state index contributed by atoms with van der Waals surface area (Å²) in [5, 5.41) is 16.6. The SMILES string of the molecule is O=C(NCCC(NC(c1ccccc1)(c1ccccc1)c1ccccc1)C(=O)O)OCC1c2ccccc2-c2ccccc21. The van der Waals surface area contributed by atoms with Crippen LogP contribution in [0.5, 0.6) is 0 Å². The molecule has 6 heteroatoms. The van der Waals surface area contributed by atoms with Gasteiger partial charge in [-0.15, -0.1) is 0 Å². The molecule has 0 aromatic heterocycles. The normalized spacial score (nSPS) is 13.0. The highest BCUT2D eigenvalue weighted by molar-refractivity contribution is 5.79. The standard InChI is InChI=1S/C38H34N2O4/c41-36(42)35(24-25-39-37(43)44-26-34-32-22-12-10-20-30(32)31-21-11-13-23-33(31)34)40-38(27-14-4-1-5-15-27,28-16-6-2-7-17-28)29-18-8-3-9-19-29/h1-23,34-35,40H,24-26H2,(H,39,43)(H,41,42). The number of hydrogen-bond donors (Lipinski definition) is 3. The van der Waals surface area contributed by atoms with Crippen molar-refractivity contribution in [3.05, 3.63) is 167 Å². The monoisotopic (exact) mass is 582 g/mol. The molecule has 3 N–H and O–H groups in total. The first-order valence-electron chi connectivity index (χ1n) is 14.8. The maximum atomic E-state index is 12.8. The first kappa shape index (κ1) is 28.9. The summed E-state index contributed by atoms with van der Waals surface area (Å²) in [6.45, 7) is 0.314. The van der Waals surface area contributed by atoms with Crippen LogP contribution in [-0.4, -0.2) is 36.4 Å². The van der Waals surface area contributed by atoms with Gasteiger partial charge in [0.2, 0.25) is 0 Å². The Kier molecular flexibility index (Phi) is 8.52. The quantitative estimate of drug-likeness (QED) is 0.147. The molecule has 1 unspecified atom stereocenters. The van der Waals surface area contributed by atoms with Gasteiger partial charge >= 0.3 is 12.1 Å². The van der Waals surface area contributed by atoms with Crippen LogP contribution < -0.4 is 10.6 Å². The molecule has 6 nitrogen and oxygen atoms in total. The summed E-state index contributed by atoms with van der Waals surface area (Å²) in [7, 11) is 0. The third-order valence-corrected chi connectivity index (χ3v) is 8.36. The molecule has 5 aromatic carbocycles. The van der Waals surface area contributed by atoms with Crippen molar-refractivity contribution >= 4 is 12.1 Å². The summed E-state index contributed by atoms with van der Waals surface area (Å²) in [5.74, 6) is -1.06. The number of carboxylic acid groups (broad SMARTS) is 1. The molecular formula is C38H34N2O4. The van der Waals surface area contributed by atoms with Crippen LogP contribution in [0.15, 0.2) is 140 Å². The Bertz CT molecular complexity index is 1580. The van der Waals surface area contributed by atoms with Gasteiger partial charge in [-0.05, 0) is 45.4 Å². The van der Waals surface area contributed by atoms with E-state index in [9.17, 15) is 14.7 Å². The molecule has 6 rings (SSSR count). The molecule has 5 aromatic rings. The predicted octanol–water partition coefficient (Wildman–Crippen LogP) is 6.95. The second kappa shape index (κ2) is 13.0. The number of carbonyl (C=O) groups excluding carboxylic acids is 1. The number of benzene rings is 5. The number of amides is 1. The van der Waals surface area contributed by atoms with E-state index in [0.717, 1.165) is 38.9 Å². The Hall–Kier alpha value is -5.20. The Labute approximate surface area is 257 Å². The second-order valence-corrected chi connectivity index (χ2v) is 10.9. The molecule has 44 heavy (non-hydrogen) atoms. The van der Waals surface area contributed by atoms with Crippen molar-refractivity contribution in [3.63, 3.8) is 0 Å². The summed E-state index contributed by atoms with van der Waals surface area (Å²) >= 11 is 0. The lowest BCUT2D eigenvalue weighted by Crippen LogP contribution is -2.53. The van der Waals surface area contributed by atoms with Crippen molar-refractivity contribution in [1.29, 1.82) is 0 Å². The minimum absolute atomic E-state index is 0.0511. The predicted molar refractivity (Wildman–Crippen MR) is 171 cm³/mol. The molecule has 0 heterocycles. The van der Waals surface area contributed by atoms with E-state index in [-0.39, 0.29) is 25.5 Å². The number of ether oxygens (including phenoxy) is 1. The van der Waals surface area contributed by atoms with Crippen LogP contribution in [0, 0.1) is 0 Å². The van der Waals surface area contributed by atoms with Gasteiger partial charge < -0.3 is 15.2 Å². The summed E-state index contributed by atoms with van der Waals surface area (Å²) in [6, 6.07) is 44.9. The topological polar surface area (TPSA) is 87.7 Å². The summed E-state index contributed by atoms with van der Waals surface area (Å²) in [5.41, 5.74) is 6.37. The van der Waals surface area contributed by atoms with Crippen LogP contribution in [0.25, 0.3) is 11.1 Å². The number of carboxylic acids is 1. The van der Waals surface area contributed by atoms with E-state index < -0.39 is 23.6 Å². The molecule has 0 aliphatic heterocycles. The molecule has 1 amide bonds. The molecule has 0 bridgehead atoms. The zero-order valence-electron chi connectivity index (χ0n) is 24.2. The summed E-state index contributed by atoms with van der Waals surface area (Å²) < 4.78 is 5.67. The molecule has 1 aliphatic rings. The Morgan fingerprint density at radius 3 is 1.55 bits per heavy atom. The minimum Gasteiger partial charge on any atom is -0.480 e. The van der Waals surface area contributed by atoms with Gasteiger partial charge in [0, 0.05) is 12.5 Å². The Morgan fingerprint density at radius 1 is 0.659 bits per heavy atom. The number of fused-ring (bicyclic) bond motifs is 3. The number of aliphatic carboxylic acids is 1. The number of carbonyl (C=O) groups is 2. The molecule has 0 radical (unpaired) electrons. The lowest BCUT2D eigenvalue weighted by Gasteiger charge is -2.39. The van der Waals surface area contributed by atoms with E-state index >= 15 is 0 Å². The van der Waals surface area contributed by atoms with Crippen LogP contribution in [-0.2, 0) is 15.1 Å². The lowest BCUT2D eigenvalue weighted by molar-refractivity contribution is -0.140. The highest BCUT2D eigenvalue weighted by Crippen LogP contribution is 2.44. The fourth-order valence-corrected chi connectivity index (χ4v) is 6.30. The Balaban J connectivity index is 1.18. The summed E-state index contributed by atoms with van der Waals surface area (Å²) in [4.78, 5) is 25.5. The number of nitrogens with one attached hydrogen (secondary N) is 2. The van der Waals surface area contributed by atoms with E-state index in [1.807, 2.05) is 115 Å². The van der Waals surface area contributed by atoms with E-state index in [1.165, 1.54) is 0 Å². The van der Waals surface area contributed by atoms with Gasteiger partial charge in [0.1, 0.15) is 12.6 Å². The van der Waals surface area contributed by atoms with E-state index in [1.54, 1.807) is 0 Å². The third kappa shape index (κ3) is 5.72. The number of hydrogen-bond acceptors (Lipinski definition) is 4.